The van der Waals surface area contributed by atoms with Gasteiger partial charge in [-0.15, -0.1) is 0 Å². The molecule has 1 aliphatic rings. The summed E-state index contributed by atoms with van der Waals surface area (Å²) < 4.78 is 4.47. The van der Waals surface area contributed by atoms with Crippen LogP contribution >= 0.6 is 0 Å². The summed E-state index contributed by atoms with van der Waals surface area (Å²) in [7, 11) is 0. The predicted molar refractivity (Wildman–Crippen MR) is 30.0 cm³/mol. The fraction of sp³-hybridized carbons (Fsp3) is 1.00. The van der Waals surface area contributed by atoms with Crippen molar-refractivity contribution in [2.75, 3.05) is 6.61 Å². The Kier molecular flexibility index (Phi) is 2.22. The fourth-order valence-corrected chi connectivity index (χ4v) is 0.791. The third kappa shape index (κ3) is 1.28. The van der Waals surface area contributed by atoms with Crippen LogP contribution in [0.3, 0.4) is 0 Å². The van der Waals surface area contributed by atoms with E-state index in [0.717, 1.165) is 0 Å². The molecule has 1 fully saturated rings. The molecule has 4 atom stereocenters. The summed E-state index contributed by atoms with van der Waals surface area (Å²) >= 11 is 0. The molecule has 0 spiro atoms. The van der Waals surface area contributed by atoms with Crippen molar-refractivity contribution in [1.82, 2.24) is 0 Å². The van der Waals surface area contributed by atoms with E-state index in [1.54, 1.807) is 0 Å². The Bertz CT molecular complexity index is 103. The molecule has 1 rings (SSSR count). The maximum atomic E-state index is 8.88. The zero-order chi connectivity index (χ0) is 7.72. The molecule has 0 bridgehead atoms. The largest absolute Gasteiger partial charge is 0.388 e. The van der Waals surface area contributed by atoms with Gasteiger partial charge in [-0.3, -0.25) is 0 Å². The average Bonchev–Trinajstić information content (AvgIpc) is 1.93. The van der Waals surface area contributed by atoms with Crippen molar-refractivity contribution < 1.29 is 25.2 Å². The van der Waals surface area contributed by atoms with Crippen LogP contribution < -0.4 is 0 Å². The van der Waals surface area contributed by atoms with Gasteiger partial charge in [0.2, 0.25) is 0 Å². The summed E-state index contributed by atoms with van der Waals surface area (Å²) in [4.78, 5) is 0. The lowest BCUT2D eigenvalue weighted by Gasteiger charge is -2.31. The minimum atomic E-state index is -1.41. The van der Waals surface area contributed by atoms with E-state index >= 15 is 0 Å². The number of aliphatic hydroxyl groups is 4. The van der Waals surface area contributed by atoms with Gasteiger partial charge in [0.05, 0.1) is 6.61 Å². The second-order valence-electron chi connectivity index (χ2n) is 2.27. The SMILES string of the molecule is O[C@@H]1[C@@H](O)[13C@H](O)OC[C@@H]1O. The third-order valence-electron chi connectivity index (χ3n) is 1.47. The summed E-state index contributed by atoms with van der Waals surface area (Å²) in [5.74, 6) is 0. The molecule has 5 heteroatoms. The van der Waals surface area contributed by atoms with Crippen LogP contribution in [0.15, 0.2) is 0 Å². The molecule has 0 aromatic carbocycles. The zero-order valence-corrected chi connectivity index (χ0v) is 5.21. The number of hydrogen-bond donors (Lipinski definition) is 4. The highest BCUT2D eigenvalue weighted by molar-refractivity contribution is 4.81. The molecule has 1 aliphatic heterocycles. The van der Waals surface area contributed by atoms with Crippen LogP contribution in [0.4, 0.5) is 0 Å². The van der Waals surface area contributed by atoms with Gasteiger partial charge >= 0.3 is 0 Å². The van der Waals surface area contributed by atoms with E-state index in [1.165, 1.54) is 0 Å². The number of rotatable bonds is 0. The van der Waals surface area contributed by atoms with Crippen molar-refractivity contribution in [3.8, 4) is 0 Å². The van der Waals surface area contributed by atoms with Gasteiger partial charge in [0.1, 0.15) is 18.3 Å². The third-order valence-corrected chi connectivity index (χ3v) is 1.47. The van der Waals surface area contributed by atoms with Crippen LogP contribution in [0.25, 0.3) is 0 Å². The Labute approximate surface area is 57.5 Å². The summed E-state index contributed by atoms with van der Waals surface area (Å²) in [5, 5.41) is 35.3. The van der Waals surface area contributed by atoms with Crippen LogP contribution in [0.2, 0.25) is 0 Å². The first-order valence-electron chi connectivity index (χ1n) is 2.97. The molecule has 0 aromatic heterocycles. The predicted octanol–water partition coefficient (Wildman–Crippen LogP) is -2.58. The lowest BCUT2D eigenvalue weighted by Crippen LogP contribution is -2.52. The molecule has 0 amide bonds. The molecule has 0 radical (unpaired) electrons. The van der Waals surface area contributed by atoms with Crippen LogP contribution in [0.5, 0.6) is 0 Å². The first-order valence-corrected chi connectivity index (χ1v) is 2.97. The monoisotopic (exact) mass is 151 g/mol. The molecule has 4 N–H and O–H groups in total. The highest BCUT2D eigenvalue weighted by Gasteiger charge is 2.36. The molecule has 10 heavy (non-hydrogen) atoms. The van der Waals surface area contributed by atoms with Crippen molar-refractivity contribution in [2.24, 2.45) is 0 Å². The lowest BCUT2D eigenvalue weighted by molar-refractivity contribution is -0.252. The first kappa shape index (κ1) is 7.90. The fourth-order valence-electron chi connectivity index (χ4n) is 0.791. The Morgan fingerprint density at radius 3 is 2.10 bits per heavy atom. The summed E-state index contributed by atoms with van der Waals surface area (Å²) in [5.41, 5.74) is 0. The second kappa shape index (κ2) is 2.81. The molecule has 0 saturated carbocycles. The summed E-state index contributed by atoms with van der Waals surface area (Å²) in [6.07, 6.45) is -5.23. The molecule has 5 nitrogen and oxygen atoms in total. The molecule has 0 unspecified atom stereocenters. The van der Waals surface area contributed by atoms with Crippen molar-refractivity contribution >= 4 is 0 Å². The normalized spacial score (nSPS) is 49.2. The van der Waals surface area contributed by atoms with Crippen molar-refractivity contribution in [1.29, 1.82) is 0 Å². The standard InChI is InChI=1S/C5H10O5/c6-2-1-10-5(9)4(8)3(2)7/h2-9H,1H2/t2-,3-,4+,5+/m0/s1/i5+1. The Hall–Kier alpha value is -0.200. The smallest absolute Gasteiger partial charge is 0.183 e. The summed E-state index contributed by atoms with van der Waals surface area (Å²) in [6, 6.07) is 0. The lowest BCUT2D eigenvalue weighted by atomic mass is 10.1. The maximum absolute atomic E-state index is 8.88. The molecule has 0 aromatic rings. The Morgan fingerprint density at radius 1 is 1.00 bits per heavy atom. The number of aliphatic hydroxyl groups excluding tert-OH is 4. The summed E-state index contributed by atoms with van der Waals surface area (Å²) in [6.45, 7) is -0.153. The van der Waals surface area contributed by atoms with Crippen molar-refractivity contribution in [3.05, 3.63) is 0 Å². The van der Waals surface area contributed by atoms with Crippen LogP contribution in [-0.4, -0.2) is 51.6 Å². The van der Waals surface area contributed by atoms with Gasteiger partial charge in [-0.25, -0.2) is 0 Å². The van der Waals surface area contributed by atoms with Crippen molar-refractivity contribution in [2.45, 2.75) is 24.6 Å². The van der Waals surface area contributed by atoms with Gasteiger partial charge in [0.25, 0.3) is 0 Å². The van der Waals surface area contributed by atoms with E-state index < -0.39 is 24.6 Å². The maximum Gasteiger partial charge on any atom is 0.183 e. The van der Waals surface area contributed by atoms with Crippen LogP contribution in [0, 0.1) is 0 Å². The molecule has 1 heterocycles. The molecule has 1 saturated heterocycles. The van der Waals surface area contributed by atoms with Gasteiger partial charge in [0.15, 0.2) is 6.29 Å². The number of ether oxygens (including phenoxy) is 1. The minimum absolute atomic E-state index is 0.153. The topological polar surface area (TPSA) is 90.2 Å². The van der Waals surface area contributed by atoms with Crippen molar-refractivity contribution in [3.63, 3.8) is 0 Å². The Morgan fingerprint density at radius 2 is 1.60 bits per heavy atom. The first-order chi connectivity index (χ1) is 4.63. The molecular weight excluding hydrogens is 141 g/mol. The van der Waals surface area contributed by atoms with E-state index in [9.17, 15) is 0 Å². The quantitative estimate of drug-likeness (QED) is 0.285. The average molecular weight is 151 g/mol. The van der Waals surface area contributed by atoms with Gasteiger partial charge in [-0.2, -0.15) is 0 Å². The second-order valence-corrected chi connectivity index (χ2v) is 2.27. The Balaban J connectivity index is 2.52. The minimum Gasteiger partial charge on any atom is -0.388 e. The van der Waals surface area contributed by atoms with Gasteiger partial charge in [0, 0.05) is 0 Å². The number of hydrogen-bond acceptors (Lipinski definition) is 5. The van der Waals surface area contributed by atoms with E-state index in [4.69, 9.17) is 20.4 Å². The molecule has 0 aliphatic carbocycles. The van der Waals surface area contributed by atoms with Gasteiger partial charge in [-0.05, 0) is 0 Å². The van der Waals surface area contributed by atoms with Gasteiger partial charge < -0.3 is 25.2 Å². The highest BCUT2D eigenvalue weighted by atomic mass is 16.7. The van der Waals surface area contributed by atoms with Crippen LogP contribution in [0.1, 0.15) is 0 Å². The van der Waals surface area contributed by atoms with Crippen LogP contribution in [-0.2, 0) is 4.74 Å². The molecular formula is C5H10O5. The van der Waals surface area contributed by atoms with E-state index in [1.807, 2.05) is 0 Å². The van der Waals surface area contributed by atoms with Gasteiger partial charge in [-0.1, -0.05) is 0 Å². The van der Waals surface area contributed by atoms with E-state index in [-0.39, 0.29) is 6.61 Å². The van der Waals surface area contributed by atoms with E-state index in [0.29, 0.717) is 0 Å². The molecule has 60 valence electrons. The highest BCUT2D eigenvalue weighted by Crippen LogP contribution is 2.12. The van der Waals surface area contributed by atoms with E-state index in [2.05, 4.69) is 4.74 Å². The zero-order valence-electron chi connectivity index (χ0n) is 5.21.